The minimum atomic E-state index is 0.784. The first-order valence-electron chi connectivity index (χ1n) is 9.75. The van der Waals surface area contributed by atoms with Gasteiger partial charge in [0.2, 0.25) is 0 Å². The second kappa shape index (κ2) is 8.00. The first-order valence-corrected chi connectivity index (χ1v) is 11.0. The predicted molar refractivity (Wildman–Crippen MR) is 120 cm³/mol. The van der Waals surface area contributed by atoms with E-state index in [4.69, 9.17) is 21.6 Å². The Labute approximate surface area is 178 Å². The Morgan fingerprint density at radius 3 is 2.97 bits per heavy atom. The van der Waals surface area contributed by atoms with Gasteiger partial charge in [-0.3, -0.25) is 4.99 Å². The summed E-state index contributed by atoms with van der Waals surface area (Å²) in [6.07, 6.45) is 2.07. The van der Waals surface area contributed by atoms with Crippen LogP contribution in [0.1, 0.15) is 17.5 Å². The number of rotatable bonds is 3. The number of benzene rings is 1. The number of aromatic nitrogens is 2. The molecule has 0 amide bonds. The standard InChI is InChI=1S/C21H21ClN6S/c22-16-6-5-14-7-10-28(12-15(14)11-16)19-4-1-3-17(25-19)18-13-29-21(26-18)27-20-23-8-2-9-24-20/h1,3-6,11,13H,2,7-10,12H2,(H2,23,24,26,27). The smallest absolute Gasteiger partial charge is 0.197 e. The molecule has 0 unspecified atom stereocenters. The molecule has 2 N–H and O–H groups in total. The number of thiazole rings is 1. The topological polar surface area (TPSA) is 65.4 Å². The maximum Gasteiger partial charge on any atom is 0.197 e. The van der Waals surface area contributed by atoms with Crippen molar-refractivity contribution in [2.24, 2.45) is 4.99 Å². The van der Waals surface area contributed by atoms with E-state index in [1.807, 2.05) is 23.6 Å². The highest BCUT2D eigenvalue weighted by atomic mass is 35.5. The minimum Gasteiger partial charge on any atom is -0.356 e. The van der Waals surface area contributed by atoms with Gasteiger partial charge in [0.15, 0.2) is 11.1 Å². The molecule has 4 heterocycles. The van der Waals surface area contributed by atoms with Crippen LogP contribution in [0.3, 0.4) is 0 Å². The van der Waals surface area contributed by atoms with Crippen LogP contribution in [0, 0.1) is 0 Å². The number of anilines is 2. The lowest BCUT2D eigenvalue weighted by Crippen LogP contribution is -2.35. The largest absolute Gasteiger partial charge is 0.356 e. The van der Waals surface area contributed by atoms with E-state index in [9.17, 15) is 0 Å². The summed E-state index contributed by atoms with van der Waals surface area (Å²) in [7, 11) is 0. The van der Waals surface area contributed by atoms with Crippen LogP contribution >= 0.6 is 22.9 Å². The molecule has 2 aromatic heterocycles. The zero-order chi connectivity index (χ0) is 19.6. The molecule has 5 rings (SSSR count). The lowest BCUT2D eigenvalue weighted by Gasteiger charge is -2.30. The lowest BCUT2D eigenvalue weighted by atomic mass is 10.00. The molecule has 0 saturated carbocycles. The van der Waals surface area contributed by atoms with Gasteiger partial charge < -0.3 is 15.5 Å². The Bertz CT molecular complexity index is 1060. The van der Waals surface area contributed by atoms with E-state index in [1.165, 1.54) is 11.1 Å². The number of nitrogens with one attached hydrogen (secondary N) is 2. The summed E-state index contributed by atoms with van der Waals surface area (Å²) in [5.41, 5.74) is 4.39. The van der Waals surface area contributed by atoms with Crippen LogP contribution in [0.5, 0.6) is 0 Å². The molecule has 0 saturated heterocycles. The van der Waals surface area contributed by atoms with Gasteiger partial charge in [-0.1, -0.05) is 23.7 Å². The molecule has 29 heavy (non-hydrogen) atoms. The van der Waals surface area contributed by atoms with Crippen molar-refractivity contribution in [3.63, 3.8) is 0 Å². The molecule has 0 atom stereocenters. The van der Waals surface area contributed by atoms with Crippen molar-refractivity contribution in [3.8, 4) is 11.4 Å². The quantitative estimate of drug-likeness (QED) is 0.660. The number of hydrogen-bond acceptors (Lipinski definition) is 7. The third-order valence-electron chi connectivity index (χ3n) is 5.13. The SMILES string of the molecule is Clc1ccc2c(c1)CN(c1cccc(-c3csc(NC4=NCCCN4)n3)n1)CC2. The zero-order valence-electron chi connectivity index (χ0n) is 15.9. The highest BCUT2D eigenvalue weighted by molar-refractivity contribution is 7.14. The fourth-order valence-electron chi connectivity index (χ4n) is 3.63. The third kappa shape index (κ3) is 4.06. The van der Waals surface area contributed by atoms with Crippen LogP contribution in [0.4, 0.5) is 10.9 Å². The first kappa shape index (κ1) is 18.4. The number of hydrogen-bond donors (Lipinski definition) is 2. The summed E-state index contributed by atoms with van der Waals surface area (Å²) in [5.74, 6) is 1.76. The molecule has 0 fully saturated rings. The third-order valence-corrected chi connectivity index (χ3v) is 6.12. The van der Waals surface area contributed by atoms with Gasteiger partial charge >= 0.3 is 0 Å². The molecular formula is C21H21ClN6S. The number of guanidine groups is 1. The lowest BCUT2D eigenvalue weighted by molar-refractivity contribution is 0.721. The second-order valence-corrected chi connectivity index (χ2v) is 8.43. The first-order chi connectivity index (χ1) is 14.2. The Morgan fingerprint density at radius 2 is 2.07 bits per heavy atom. The van der Waals surface area contributed by atoms with Crippen molar-refractivity contribution in [1.29, 1.82) is 0 Å². The second-order valence-electron chi connectivity index (χ2n) is 7.14. The number of nitrogens with zero attached hydrogens (tertiary/aromatic N) is 4. The van der Waals surface area contributed by atoms with Gasteiger partial charge in [0.05, 0.1) is 5.69 Å². The van der Waals surface area contributed by atoms with Gasteiger partial charge in [-0.05, 0) is 48.2 Å². The molecule has 2 aliphatic heterocycles. The molecule has 8 heteroatoms. The average Bonchev–Trinajstić information content (AvgIpc) is 3.22. The number of halogens is 1. The molecule has 0 spiro atoms. The van der Waals surface area contributed by atoms with Gasteiger partial charge in [-0.25, -0.2) is 9.97 Å². The van der Waals surface area contributed by atoms with Crippen molar-refractivity contribution in [3.05, 3.63) is 57.9 Å². The van der Waals surface area contributed by atoms with E-state index in [0.717, 1.165) is 72.3 Å². The molecule has 0 radical (unpaired) electrons. The Morgan fingerprint density at radius 1 is 1.10 bits per heavy atom. The highest BCUT2D eigenvalue weighted by Gasteiger charge is 2.18. The van der Waals surface area contributed by atoms with E-state index in [1.54, 1.807) is 11.3 Å². The Balaban J connectivity index is 1.34. The van der Waals surface area contributed by atoms with Crippen LogP contribution in [0.2, 0.25) is 5.02 Å². The van der Waals surface area contributed by atoms with E-state index in [-0.39, 0.29) is 0 Å². The van der Waals surface area contributed by atoms with Gasteiger partial charge in [0.25, 0.3) is 0 Å². The number of pyridine rings is 1. The summed E-state index contributed by atoms with van der Waals surface area (Å²) in [6, 6.07) is 12.3. The molecule has 0 aliphatic carbocycles. The summed E-state index contributed by atoms with van der Waals surface area (Å²) in [5, 5.41) is 10.2. The Hall–Kier alpha value is -2.64. The van der Waals surface area contributed by atoms with Crippen molar-refractivity contribution < 1.29 is 0 Å². The Kier molecular flexibility index (Phi) is 5.08. The van der Waals surface area contributed by atoms with Gasteiger partial charge in [0.1, 0.15) is 11.5 Å². The van der Waals surface area contributed by atoms with Crippen molar-refractivity contribution >= 4 is 39.8 Å². The van der Waals surface area contributed by atoms with Gasteiger partial charge in [-0.15, -0.1) is 11.3 Å². The predicted octanol–water partition coefficient (Wildman–Crippen LogP) is 4.18. The summed E-state index contributed by atoms with van der Waals surface area (Å²) >= 11 is 7.75. The van der Waals surface area contributed by atoms with E-state index in [0.29, 0.717) is 0 Å². The fraction of sp³-hybridized carbons (Fsp3) is 0.286. The summed E-state index contributed by atoms with van der Waals surface area (Å²) in [6.45, 7) is 3.56. The molecule has 3 aromatic rings. The summed E-state index contributed by atoms with van der Waals surface area (Å²) in [4.78, 5) is 16.3. The van der Waals surface area contributed by atoms with Crippen LogP contribution < -0.4 is 15.5 Å². The fourth-order valence-corrected chi connectivity index (χ4v) is 4.53. The molecular weight excluding hydrogens is 404 g/mol. The van der Waals surface area contributed by atoms with E-state index < -0.39 is 0 Å². The molecule has 2 aliphatic rings. The number of aliphatic imine (C=N–C) groups is 1. The minimum absolute atomic E-state index is 0.784. The van der Waals surface area contributed by atoms with Crippen LogP contribution in [-0.4, -0.2) is 35.6 Å². The highest BCUT2D eigenvalue weighted by Crippen LogP contribution is 2.28. The van der Waals surface area contributed by atoms with Crippen LogP contribution in [0.15, 0.2) is 46.8 Å². The molecule has 0 bridgehead atoms. The molecule has 1 aromatic carbocycles. The van der Waals surface area contributed by atoms with Gasteiger partial charge in [0, 0.05) is 36.6 Å². The maximum absolute atomic E-state index is 6.19. The summed E-state index contributed by atoms with van der Waals surface area (Å²) < 4.78 is 0. The van der Waals surface area contributed by atoms with Crippen molar-refractivity contribution in [1.82, 2.24) is 15.3 Å². The van der Waals surface area contributed by atoms with Crippen molar-refractivity contribution in [2.45, 2.75) is 19.4 Å². The van der Waals surface area contributed by atoms with Crippen LogP contribution in [0.25, 0.3) is 11.4 Å². The monoisotopic (exact) mass is 424 g/mol. The van der Waals surface area contributed by atoms with Crippen LogP contribution in [-0.2, 0) is 13.0 Å². The van der Waals surface area contributed by atoms with E-state index in [2.05, 4.69) is 38.7 Å². The maximum atomic E-state index is 6.19. The normalized spacial score (nSPS) is 16.0. The number of fused-ring (bicyclic) bond motifs is 1. The van der Waals surface area contributed by atoms with E-state index >= 15 is 0 Å². The zero-order valence-corrected chi connectivity index (χ0v) is 17.4. The average molecular weight is 425 g/mol. The molecule has 148 valence electrons. The van der Waals surface area contributed by atoms with Gasteiger partial charge in [-0.2, -0.15) is 0 Å². The molecule has 6 nitrogen and oxygen atoms in total. The van der Waals surface area contributed by atoms with Crippen molar-refractivity contribution in [2.75, 3.05) is 29.9 Å².